The van der Waals surface area contributed by atoms with Crippen LogP contribution in [0.5, 0.6) is 5.75 Å². The Morgan fingerprint density at radius 1 is 1.03 bits per heavy atom. The number of carbonyl (C=O) groups is 1. The molecule has 7 heteroatoms. The molecule has 0 saturated heterocycles. The number of methoxy groups -OCH3 is 1. The van der Waals surface area contributed by atoms with Gasteiger partial charge in [0.25, 0.3) is 5.91 Å². The van der Waals surface area contributed by atoms with Crippen molar-refractivity contribution < 1.29 is 9.53 Å². The van der Waals surface area contributed by atoms with Gasteiger partial charge in [-0.25, -0.2) is 4.98 Å². The molecule has 0 aliphatic heterocycles. The third-order valence-electron chi connectivity index (χ3n) is 5.67. The maximum Gasteiger partial charge on any atom is 0.255 e. The van der Waals surface area contributed by atoms with E-state index in [9.17, 15) is 4.79 Å². The molecule has 2 aromatic heterocycles. The minimum Gasteiger partial charge on any atom is -0.497 e. The second kappa shape index (κ2) is 10.5. The average Bonchev–Trinajstić information content (AvgIpc) is 3.17. The van der Waals surface area contributed by atoms with Crippen molar-refractivity contribution in [2.24, 2.45) is 0 Å². The molecule has 0 unspecified atom stereocenters. The summed E-state index contributed by atoms with van der Waals surface area (Å²) >= 11 is 0. The predicted octanol–water partition coefficient (Wildman–Crippen LogP) is 3.57. The van der Waals surface area contributed by atoms with E-state index in [4.69, 9.17) is 9.72 Å². The highest BCUT2D eigenvalue weighted by molar-refractivity contribution is 5.94. The number of hydrogen-bond donors (Lipinski definition) is 0. The zero-order valence-corrected chi connectivity index (χ0v) is 20.1. The summed E-state index contributed by atoms with van der Waals surface area (Å²) in [6.07, 6.45) is 2.75. The lowest BCUT2D eigenvalue weighted by Gasteiger charge is -2.23. The Labute approximate surface area is 191 Å². The Balaban J connectivity index is 1.92. The molecule has 0 bridgehead atoms. The fraction of sp³-hybridized carbons (Fsp3) is 0.440. The zero-order chi connectivity index (χ0) is 23.3. The Hall–Kier alpha value is -3.06. The lowest BCUT2D eigenvalue weighted by molar-refractivity contribution is 0.0753. The van der Waals surface area contributed by atoms with Gasteiger partial charge in [0.2, 0.25) is 0 Å². The molecule has 2 heterocycles. The maximum atomic E-state index is 13.2. The van der Waals surface area contributed by atoms with E-state index in [0.29, 0.717) is 18.7 Å². The third kappa shape index (κ3) is 5.22. The van der Waals surface area contributed by atoms with Gasteiger partial charge in [0.1, 0.15) is 17.2 Å². The third-order valence-corrected chi connectivity index (χ3v) is 5.67. The number of fused-ring (bicyclic) bond motifs is 1. The van der Waals surface area contributed by atoms with Crippen LogP contribution in [-0.2, 0) is 13.0 Å². The van der Waals surface area contributed by atoms with Gasteiger partial charge in [-0.1, -0.05) is 19.1 Å². The Kier molecular flexibility index (Phi) is 7.75. The molecule has 1 aromatic carbocycles. The summed E-state index contributed by atoms with van der Waals surface area (Å²) in [5.41, 5.74) is 3.73. The first-order chi connectivity index (χ1) is 15.4. The van der Waals surface area contributed by atoms with Crippen molar-refractivity contribution >= 4 is 17.4 Å². The SMILES string of the molecule is CCc1nc2ccc(C(=O)N(CC)CCN(C)C)cn2c1N(C)Cc1ccc(OC)cc1. The summed E-state index contributed by atoms with van der Waals surface area (Å²) in [7, 11) is 7.78. The molecule has 3 rings (SSSR count). The van der Waals surface area contributed by atoms with Gasteiger partial charge in [0.05, 0.1) is 18.4 Å². The van der Waals surface area contributed by atoms with Crippen molar-refractivity contribution in [2.45, 2.75) is 26.8 Å². The second-order valence-corrected chi connectivity index (χ2v) is 8.27. The average molecular weight is 438 g/mol. The molecule has 3 aromatic rings. The van der Waals surface area contributed by atoms with E-state index in [1.54, 1.807) is 7.11 Å². The van der Waals surface area contributed by atoms with Crippen molar-refractivity contribution in [2.75, 3.05) is 52.8 Å². The monoisotopic (exact) mass is 437 g/mol. The summed E-state index contributed by atoms with van der Waals surface area (Å²) in [6, 6.07) is 11.9. The van der Waals surface area contributed by atoms with Crippen molar-refractivity contribution in [3.8, 4) is 5.75 Å². The van der Waals surface area contributed by atoms with Crippen LogP contribution in [0.15, 0.2) is 42.6 Å². The van der Waals surface area contributed by atoms with Gasteiger partial charge >= 0.3 is 0 Å². The van der Waals surface area contributed by atoms with Crippen LogP contribution < -0.4 is 9.64 Å². The number of likely N-dealkylation sites (N-methyl/N-ethyl adjacent to an activating group) is 2. The Morgan fingerprint density at radius 3 is 2.34 bits per heavy atom. The Bertz CT molecular complexity index is 1040. The van der Waals surface area contributed by atoms with Crippen LogP contribution in [0.25, 0.3) is 5.65 Å². The number of hydrogen-bond acceptors (Lipinski definition) is 5. The summed E-state index contributed by atoms with van der Waals surface area (Å²) in [5, 5.41) is 0. The van der Waals surface area contributed by atoms with Gasteiger partial charge < -0.3 is 19.4 Å². The lowest BCUT2D eigenvalue weighted by atomic mass is 10.2. The van der Waals surface area contributed by atoms with E-state index in [1.165, 1.54) is 5.56 Å². The summed E-state index contributed by atoms with van der Waals surface area (Å²) in [5.74, 6) is 1.91. The summed E-state index contributed by atoms with van der Waals surface area (Å²) < 4.78 is 7.32. The number of rotatable bonds is 10. The van der Waals surface area contributed by atoms with Crippen LogP contribution in [0.3, 0.4) is 0 Å². The van der Waals surface area contributed by atoms with E-state index in [1.807, 2.05) is 56.4 Å². The van der Waals surface area contributed by atoms with Gasteiger partial charge in [-0.15, -0.1) is 0 Å². The lowest BCUT2D eigenvalue weighted by Crippen LogP contribution is -2.36. The molecule has 0 aliphatic rings. The van der Waals surface area contributed by atoms with Crippen LogP contribution in [0.4, 0.5) is 5.82 Å². The predicted molar refractivity (Wildman–Crippen MR) is 130 cm³/mol. The largest absolute Gasteiger partial charge is 0.497 e. The van der Waals surface area contributed by atoms with Gasteiger partial charge in [-0.3, -0.25) is 9.20 Å². The van der Waals surface area contributed by atoms with E-state index in [0.717, 1.165) is 42.4 Å². The molecular formula is C25H35N5O2. The molecular weight excluding hydrogens is 402 g/mol. The van der Waals surface area contributed by atoms with Crippen LogP contribution in [0.2, 0.25) is 0 Å². The standard InChI is InChI=1S/C25H35N5O2/c1-7-22-24(28(5)17-19-9-12-21(32-6)13-10-19)30-18-20(11-14-23(30)26-22)25(31)29(8-2)16-15-27(3)4/h9-14,18H,7-8,15-17H2,1-6H3. The molecule has 32 heavy (non-hydrogen) atoms. The molecule has 1 amide bonds. The number of aromatic nitrogens is 2. The number of nitrogens with zero attached hydrogens (tertiary/aromatic N) is 5. The van der Waals surface area contributed by atoms with Crippen molar-refractivity contribution in [3.05, 3.63) is 59.4 Å². The maximum absolute atomic E-state index is 13.2. The highest BCUT2D eigenvalue weighted by Gasteiger charge is 2.19. The molecule has 0 atom stereocenters. The number of anilines is 1. The fourth-order valence-corrected chi connectivity index (χ4v) is 3.84. The van der Waals surface area contributed by atoms with Gasteiger partial charge in [0, 0.05) is 39.4 Å². The molecule has 7 nitrogen and oxygen atoms in total. The summed E-state index contributed by atoms with van der Waals surface area (Å²) in [4.78, 5) is 24.2. The normalized spacial score (nSPS) is 11.2. The van der Waals surface area contributed by atoms with Gasteiger partial charge in [0.15, 0.2) is 0 Å². The highest BCUT2D eigenvalue weighted by Crippen LogP contribution is 2.25. The Morgan fingerprint density at radius 2 is 1.75 bits per heavy atom. The molecule has 0 fully saturated rings. The van der Waals surface area contributed by atoms with E-state index < -0.39 is 0 Å². The number of carbonyl (C=O) groups excluding carboxylic acids is 1. The van der Waals surface area contributed by atoms with Crippen LogP contribution >= 0.6 is 0 Å². The first-order valence-corrected chi connectivity index (χ1v) is 11.2. The van der Waals surface area contributed by atoms with Crippen molar-refractivity contribution in [3.63, 3.8) is 0 Å². The smallest absolute Gasteiger partial charge is 0.255 e. The second-order valence-electron chi connectivity index (χ2n) is 8.27. The molecule has 172 valence electrons. The minimum absolute atomic E-state index is 0.0479. The molecule has 0 N–H and O–H groups in total. The van der Waals surface area contributed by atoms with Crippen LogP contribution in [0.1, 0.15) is 35.5 Å². The minimum atomic E-state index is 0.0479. The molecule has 0 radical (unpaired) electrons. The van der Waals surface area contributed by atoms with E-state index >= 15 is 0 Å². The number of benzene rings is 1. The first-order valence-electron chi connectivity index (χ1n) is 11.2. The summed E-state index contributed by atoms with van der Waals surface area (Å²) in [6.45, 7) is 7.08. The highest BCUT2D eigenvalue weighted by atomic mass is 16.5. The first kappa shape index (κ1) is 23.6. The molecule has 0 aliphatic carbocycles. The van der Waals surface area contributed by atoms with Gasteiger partial charge in [-0.2, -0.15) is 0 Å². The molecule has 0 spiro atoms. The zero-order valence-electron chi connectivity index (χ0n) is 20.1. The van der Waals surface area contributed by atoms with Crippen LogP contribution in [-0.4, -0.2) is 73.0 Å². The number of amides is 1. The van der Waals surface area contributed by atoms with Crippen molar-refractivity contribution in [1.29, 1.82) is 0 Å². The fourth-order valence-electron chi connectivity index (χ4n) is 3.84. The van der Waals surface area contributed by atoms with Crippen LogP contribution in [0, 0.1) is 0 Å². The van der Waals surface area contributed by atoms with E-state index in [-0.39, 0.29) is 5.91 Å². The van der Waals surface area contributed by atoms with E-state index in [2.05, 4.69) is 40.3 Å². The number of pyridine rings is 1. The number of aryl methyl sites for hydroxylation is 1. The van der Waals surface area contributed by atoms with Gasteiger partial charge in [-0.05, 0) is 57.3 Å². The quantitative estimate of drug-likeness (QED) is 0.485. The topological polar surface area (TPSA) is 53.3 Å². The molecule has 0 saturated carbocycles. The van der Waals surface area contributed by atoms with Crippen molar-refractivity contribution in [1.82, 2.24) is 19.2 Å². The number of imidazole rings is 1. The number of ether oxygens (including phenoxy) is 1.